The summed E-state index contributed by atoms with van der Waals surface area (Å²) in [6, 6.07) is 7.02. The Hall–Kier alpha value is -2.82. The van der Waals surface area contributed by atoms with E-state index in [1.807, 2.05) is 24.3 Å². The zero-order valence-corrected chi connectivity index (χ0v) is 22.2. The van der Waals surface area contributed by atoms with Crippen molar-refractivity contribution in [3.63, 3.8) is 0 Å². The molecule has 0 unspecified atom stereocenters. The number of ether oxygens (including phenoxy) is 1. The van der Waals surface area contributed by atoms with Gasteiger partial charge in [-0.2, -0.15) is 0 Å². The van der Waals surface area contributed by atoms with Crippen LogP contribution in [0, 0.1) is 17.3 Å². The lowest BCUT2D eigenvalue weighted by Crippen LogP contribution is -2.29. The molecule has 0 amide bonds. The fourth-order valence-corrected chi connectivity index (χ4v) is 5.27. The van der Waals surface area contributed by atoms with Crippen molar-refractivity contribution < 1.29 is 24.5 Å². The summed E-state index contributed by atoms with van der Waals surface area (Å²) in [7, 11) is 0. The predicted molar refractivity (Wildman–Crippen MR) is 146 cm³/mol. The number of allylic oxidation sites excluding steroid dienone is 1. The van der Waals surface area contributed by atoms with Crippen molar-refractivity contribution in [2.24, 2.45) is 16.9 Å². The minimum absolute atomic E-state index is 0.0238. The number of rotatable bonds is 11. The smallest absolute Gasteiger partial charge is 0.320 e. The molecule has 1 aromatic rings. The summed E-state index contributed by atoms with van der Waals surface area (Å²) < 4.78 is 6.03. The van der Waals surface area contributed by atoms with E-state index in [1.165, 1.54) is 56.9 Å². The van der Waals surface area contributed by atoms with Gasteiger partial charge in [0.1, 0.15) is 18.4 Å². The van der Waals surface area contributed by atoms with Gasteiger partial charge in [0.05, 0.1) is 12.3 Å². The molecule has 7 nitrogen and oxygen atoms in total. The van der Waals surface area contributed by atoms with Crippen molar-refractivity contribution in [2.75, 3.05) is 13.2 Å². The van der Waals surface area contributed by atoms with E-state index in [0.717, 1.165) is 24.2 Å². The number of unbranched alkanes of at least 4 members (excludes halogenated alkanes) is 1. The molecule has 2 atom stereocenters. The Morgan fingerprint density at radius 3 is 2.38 bits per heavy atom. The van der Waals surface area contributed by atoms with Gasteiger partial charge in [0.15, 0.2) is 0 Å². The number of hydrogen-bond acceptors (Lipinski definition) is 5. The van der Waals surface area contributed by atoms with Gasteiger partial charge in [-0.3, -0.25) is 9.59 Å². The highest BCUT2D eigenvalue weighted by atomic mass is 16.5. The van der Waals surface area contributed by atoms with E-state index in [2.05, 4.69) is 17.9 Å². The van der Waals surface area contributed by atoms with Crippen LogP contribution >= 0.6 is 0 Å². The Kier molecular flexibility index (Phi) is 13.2. The zero-order valence-electron chi connectivity index (χ0n) is 22.2. The van der Waals surface area contributed by atoms with E-state index in [0.29, 0.717) is 25.0 Å². The van der Waals surface area contributed by atoms with E-state index in [4.69, 9.17) is 26.4 Å². The maximum atomic E-state index is 11.0. The molecule has 3 rings (SSSR count). The second kappa shape index (κ2) is 16.1. The van der Waals surface area contributed by atoms with Gasteiger partial charge in [0.25, 0.3) is 0 Å². The number of hydrogen-bond donors (Lipinski definition) is 4. The van der Waals surface area contributed by atoms with Gasteiger partial charge in [0, 0.05) is 0 Å². The van der Waals surface area contributed by atoms with Gasteiger partial charge >= 0.3 is 11.9 Å². The molecule has 0 saturated heterocycles. The fourth-order valence-electron chi connectivity index (χ4n) is 5.27. The average molecular weight is 513 g/mol. The second-order valence-electron chi connectivity index (χ2n) is 10.3. The molecule has 0 aromatic heterocycles. The minimum Gasteiger partial charge on any atom is -0.489 e. The number of carboxylic acid groups (broad SMARTS) is 2. The monoisotopic (exact) mass is 512 g/mol. The number of aliphatic carboxylic acids is 2. The lowest BCUT2D eigenvalue weighted by Gasteiger charge is -2.40. The summed E-state index contributed by atoms with van der Waals surface area (Å²) in [4.78, 5) is 21.2. The molecule has 2 aliphatic carbocycles. The number of carbonyl (C=O) groups is 2. The molecule has 1 saturated carbocycles. The van der Waals surface area contributed by atoms with E-state index in [9.17, 15) is 9.59 Å². The highest BCUT2D eigenvalue weighted by Crippen LogP contribution is 2.47. The maximum absolute atomic E-state index is 11.0. The molecule has 7 heteroatoms. The molecular weight excluding hydrogens is 468 g/mol. The maximum Gasteiger partial charge on any atom is 0.320 e. The van der Waals surface area contributed by atoms with Gasteiger partial charge in [-0.1, -0.05) is 49.8 Å². The number of carboxylic acids is 2. The lowest BCUT2D eigenvalue weighted by atomic mass is 9.65. The molecule has 2 aliphatic rings. The standard InChI is InChI=1S/C24H30O3.C6H14N2O2/c1-2-7-21(16-23(25)26)20-9-11-22(12-10-20)27-18-19-8-6-15-24(17-19)13-4-3-5-14-24;7-4-2-1-3-5(8)6(9)10/h8-12,21H,3-6,13-18H2,1H3,(H,25,26);5H,1-4,7-8H2,(H,9,10)/t21-;5-/m00/s1. The molecule has 0 heterocycles. The zero-order chi connectivity index (χ0) is 27.1. The number of nitrogens with two attached hydrogens (primary N) is 2. The van der Waals surface area contributed by atoms with Crippen molar-refractivity contribution in [3.8, 4) is 17.6 Å². The van der Waals surface area contributed by atoms with Crippen LogP contribution in [0.5, 0.6) is 5.75 Å². The Balaban J connectivity index is 0.000000410. The van der Waals surface area contributed by atoms with E-state index in [1.54, 1.807) is 6.92 Å². The van der Waals surface area contributed by atoms with Crippen molar-refractivity contribution in [2.45, 2.75) is 95.9 Å². The van der Waals surface area contributed by atoms with Crippen LogP contribution in [0.4, 0.5) is 0 Å². The molecular formula is C30H44N2O5. The normalized spacial score (nSPS) is 17.8. The molecule has 37 heavy (non-hydrogen) atoms. The van der Waals surface area contributed by atoms with Crippen LogP contribution in [0.2, 0.25) is 0 Å². The molecule has 0 bridgehead atoms. The van der Waals surface area contributed by atoms with Crippen LogP contribution in [0.3, 0.4) is 0 Å². The van der Waals surface area contributed by atoms with Crippen LogP contribution in [-0.4, -0.2) is 41.3 Å². The summed E-state index contributed by atoms with van der Waals surface area (Å²) in [5.41, 5.74) is 13.3. The van der Waals surface area contributed by atoms with E-state index in [-0.39, 0.29) is 12.3 Å². The third kappa shape index (κ3) is 11.0. The summed E-state index contributed by atoms with van der Waals surface area (Å²) in [5.74, 6) is 4.62. The summed E-state index contributed by atoms with van der Waals surface area (Å²) in [5, 5.41) is 17.4. The van der Waals surface area contributed by atoms with Crippen molar-refractivity contribution >= 4 is 11.9 Å². The third-order valence-corrected chi connectivity index (χ3v) is 7.31. The van der Waals surface area contributed by atoms with E-state index < -0.39 is 18.0 Å². The third-order valence-electron chi connectivity index (χ3n) is 7.31. The first-order valence-electron chi connectivity index (χ1n) is 13.5. The van der Waals surface area contributed by atoms with E-state index >= 15 is 0 Å². The minimum atomic E-state index is -0.933. The van der Waals surface area contributed by atoms with Crippen molar-refractivity contribution in [1.82, 2.24) is 0 Å². The van der Waals surface area contributed by atoms with Gasteiger partial charge in [-0.05, 0) is 87.1 Å². The lowest BCUT2D eigenvalue weighted by molar-refractivity contribution is -0.139. The molecule has 1 aromatic carbocycles. The molecule has 0 aliphatic heterocycles. The highest BCUT2D eigenvalue weighted by Gasteiger charge is 2.34. The van der Waals surface area contributed by atoms with Crippen LogP contribution in [0.1, 0.15) is 95.5 Å². The van der Waals surface area contributed by atoms with Crippen LogP contribution < -0.4 is 16.2 Å². The first kappa shape index (κ1) is 30.4. The van der Waals surface area contributed by atoms with Gasteiger partial charge < -0.3 is 26.4 Å². The van der Waals surface area contributed by atoms with Gasteiger partial charge in [0.2, 0.25) is 0 Å². The van der Waals surface area contributed by atoms with Crippen LogP contribution in [-0.2, 0) is 9.59 Å². The van der Waals surface area contributed by atoms with Gasteiger partial charge in [-0.15, -0.1) is 5.92 Å². The largest absolute Gasteiger partial charge is 0.489 e. The Labute approximate surface area is 221 Å². The summed E-state index contributed by atoms with van der Waals surface area (Å²) in [6.45, 7) is 3.00. The van der Waals surface area contributed by atoms with Gasteiger partial charge in [-0.25, -0.2) is 0 Å². The topological polar surface area (TPSA) is 136 Å². The highest BCUT2D eigenvalue weighted by molar-refractivity contribution is 5.72. The van der Waals surface area contributed by atoms with Crippen molar-refractivity contribution in [1.29, 1.82) is 0 Å². The summed E-state index contributed by atoms with van der Waals surface area (Å²) in [6.07, 6.45) is 15.2. The average Bonchev–Trinajstić information content (AvgIpc) is 2.88. The quantitative estimate of drug-likeness (QED) is 0.181. The van der Waals surface area contributed by atoms with Crippen LogP contribution in [0.15, 0.2) is 35.9 Å². The second-order valence-corrected chi connectivity index (χ2v) is 10.3. The molecule has 6 N–H and O–H groups in total. The Bertz CT molecular complexity index is 939. The summed E-state index contributed by atoms with van der Waals surface area (Å²) >= 11 is 0. The fraction of sp³-hybridized carbons (Fsp3) is 0.600. The molecule has 0 radical (unpaired) electrons. The molecule has 204 valence electrons. The first-order chi connectivity index (χ1) is 17.8. The molecule has 1 spiro atoms. The first-order valence-corrected chi connectivity index (χ1v) is 13.5. The Morgan fingerprint density at radius 1 is 1.08 bits per heavy atom. The Morgan fingerprint density at radius 2 is 1.78 bits per heavy atom. The van der Waals surface area contributed by atoms with Crippen molar-refractivity contribution in [3.05, 3.63) is 41.5 Å². The SMILES string of the molecule is CC#C[C@@H](CC(=O)O)c1ccc(OCC2=CCCC3(CCCCC3)C2)cc1.NCCCC[C@H](N)C(=O)O. The predicted octanol–water partition coefficient (Wildman–Crippen LogP) is 5.24. The van der Waals surface area contributed by atoms with Crippen LogP contribution in [0.25, 0.3) is 0 Å². The number of benzene rings is 1. The molecule has 1 fully saturated rings.